The molecule has 1 aromatic heterocycles. The van der Waals surface area contributed by atoms with Gasteiger partial charge >= 0.3 is 0 Å². The van der Waals surface area contributed by atoms with Gasteiger partial charge in [0.2, 0.25) is 0 Å². The van der Waals surface area contributed by atoms with Crippen molar-refractivity contribution in [1.29, 1.82) is 0 Å². The molecule has 7 heteroatoms. The third-order valence-corrected chi connectivity index (χ3v) is 3.96. The molecule has 1 aliphatic heterocycles. The molecule has 1 atom stereocenters. The fourth-order valence-electron chi connectivity index (χ4n) is 2.32. The Morgan fingerprint density at radius 2 is 2.35 bits per heavy atom. The molecule has 0 bridgehead atoms. The lowest BCUT2D eigenvalue weighted by molar-refractivity contribution is 0.0680. The number of fused-ring (bicyclic) bond motifs is 1. The van der Waals surface area contributed by atoms with Crippen LogP contribution in [0.25, 0.3) is 0 Å². The molecule has 0 spiro atoms. The van der Waals surface area contributed by atoms with Crippen molar-refractivity contribution in [3.63, 3.8) is 0 Å². The summed E-state index contributed by atoms with van der Waals surface area (Å²) in [5.74, 6) is -0.00438. The first-order valence-corrected chi connectivity index (χ1v) is 7.56. The van der Waals surface area contributed by atoms with Crippen LogP contribution in [-0.2, 0) is 0 Å². The third-order valence-electron chi connectivity index (χ3n) is 3.20. The van der Waals surface area contributed by atoms with Crippen LogP contribution < -0.4 is 5.32 Å². The summed E-state index contributed by atoms with van der Waals surface area (Å²) in [6.45, 7) is 2.71. The molecule has 0 aliphatic carbocycles. The van der Waals surface area contributed by atoms with Crippen molar-refractivity contribution in [3.05, 3.63) is 39.9 Å². The maximum atomic E-state index is 12.6. The summed E-state index contributed by atoms with van der Waals surface area (Å²) in [4.78, 5) is 14.4. The number of hydrogen-bond acceptors (Lipinski definition) is 5. The number of carbonyl (C=O) groups is 1. The lowest BCUT2D eigenvalue weighted by Crippen LogP contribution is -2.43. The van der Waals surface area contributed by atoms with Crippen molar-refractivity contribution in [2.75, 3.05) is 11.9 Å². The zero-order chi connectivity index (χ0) is 14.1. The Balaban J connectivity index is 2.04. The second kappa shape index (κ2) is 5.38. The van der Waals surface area contributed by atoms with E-state index in [1.165, 1.54) is 11.5 Å². The topological polar surface area (TPSA) is 58.1 Å². The molecule has 0 radical (unpaired) electrons. The minimum atomic E-state index is -0.285. The highest BCUT2D eigenvalue weighted by molar-refractivity contribution is 7.03. The summed E-state index contributed by atoms with van der Waals surface area (Å²) in [6, 6.07) is 5.25. The van der Waals surface area contributed by atoms with Crippen molar-refractivity contribution >= 4 is 34.7 Å². The Labute approximate surface area is 125 Å². The first kappa shape index (κ1) is 13.3. The van der Waals surface area contributed by atoms with Crippen LogP contribution >= 0.6 is 23.1 Å². The molecule has 0 saturated heterocycles. The zero-order valence-corrected chi connectivity index (χ0v) is 12.4. The maximum absolute atomic E-state index is 12.6. The van der Waals surface area contributed by atoms with Gasteiger partial charge in [0.25, 0.3) is 5.91 Å². The predicted molar refractivity (Wildman–Crippen MR) is 79.1 cm³/mol. The molecule has 0 fully saturated rings. The van der Waals surface area contributed by atoms with Gasteiger partial charge in [-0.25, -0.2) is 0 Å². The Kier molecular flexibility index (Phi) is 3.58. The van der Waals surface area contributed by atoms with Crippen LogP contribution in [0.15, 0.2) is 23.6 Å². The number of aromatic nitrogens is 2. The number of benzene rings is 1. The fourth-order valence-corrected chi connectivity index (χ4v) is 2.96. The first-order chi connectivity index (χ1) is 9.70. The van der Waals surface area contributed by atoms with Crippen LogP contribution in [0.2, 0.25) is 5.02 Å². The number of hydrogen-bond donors (Lipinski definition) is 1. The van der Waals surface area contributed by atoms with Crippen molar-refractivity contribution in [1.82, 2.24) is 14.5 Å². The Morgan fingerprint density at radius 1 is 1.50 bits per heavy atom. The normalized spacial score (nSPS) is 17.8. The number of carbonyl (C=O) groups excluding carboxylic acids is 1. The Bertz CT molecular complexity index is 631. The summed E-state index contributed by atoms with van der Waals surface area (Å²) in [5, 5.41) is 9.86. The summed E-state index contributed by atoms with van der Waals surface area (Å²) in [7, 11) is 0. The number of nitrogens with zero attached hydrogens (tertiary/aromatic N) is 3. The van der Waals surface area contributed by atoms with E-state index in [-0.39, 0.29) is 12.1 Å². The predicted octanol–water partition coefficient (Wildman–Crippen LogP) is 3.17. The molecule has 5 nitrogen and oxygen atoms in total. The molecule has 1 aliphatic rings. The lowest BCUT2D eigenvalue weighted by atomic mass is 10.1. The van der Waals surface area contributed by atoms with E-state index in [0.29, 0.717) is 17.1 Å². The van der Waals surface area contributed by atoms with Gasteiger partial charge in [-0.2, -0.15) is 0 Å². The molecular formula is C13H13ClN4OS. The Morgan fingerprint density at radius 3 is 3.05 bits per heavy atom. The van der Waals surface area contributed by atoms with Gasteiger partial charge in [0.05, 0.1) is 11.3 Å². The minimum Gasteiger partial charge on any atom is -0.359 e. The second-order valence-electron chi connectivity index (χ2n) is 4.57. The monoisotopic (exact) mass is 308 g/mol. The van der Waals surface area contributed by atoms with E-state index in [9.17, 15) is 4.79 Å². The summed E-state index contributed by atoms with van der Waals surface area (Å²) in [5.41, 5.74) is 2.14. The summed E-state index contributed by atoms with van der Waals surface area (Å²) >= 11 is 7.28. The third kappa shape index (κ3) is 2.25. The second-order valence-corrected chi connectivity index (χ2v) is 5.61. The van der Waals surface area contributed by atoms with Crippen LogP contribution in [0.3, 0.4) is 0 Å². The van der Waals surface area contributed by atoms with Gasteiger partial charge in [0.1, 0.15) is 11.9 Å². The van der Waals surface area contributed by atoms with Crippen LogP contribution in [-0.4, -0.2) is 26.9 Å². The lowest BCUT2D eigenvalue weighted by Gasteiger charge is -2.36. The van der Waals surface area contributed by atoms with E-state index in [1.54, 1.807) is 23.1 Å². The molecule has 1 N–H and O–H groups in total. The van der Waals surface area contributed by atoms with Gasteiger partial charge < -0.3 is 10.2 Å². The van der Waals surface area contributed by atoms with E-state index in [4.69, 9.17) is 11.6 Å². The number of amides is 1. The molecule has 2 aromatic rings. The van der Waals surface area contributed by atoms with E-state index in [0.717, 1.165) is 17.8 Å². The van der Waals surface area contributed by atoms with E-state index < -0.39 is 0 Å². The van der Waals surface area contributed by atoms with E-state index >= 15 is 0 Å². The number of halogens is 1. The van der Waals surface area contributed by atoms with Gasteiger partial charge in [0, 0.05) is 16.9 Å². The van der Waals surface area contributed by atoms with Crippen LogP contribution in [0.4, 0.5) is 5.69 Å². The molecule has 104 valence electrons. The highest BCUT2D eigenvalue weighted by Gasteiger charge is 2.33. The van der Waals surface area contributed by atoms with Crippen molar-refractivity contribution < 1.29 is 4.79 Å². The van der Waals surface area contributed by atoms with Crippen LogP contribution in [0.5, 0.6) is 0 Å². The summed E-state index contributed by atoms with van der Waals surface area (Å²) in [6.07, 6.45) is 0.594. The number of anilines is 1. The fraction of sp³-hybridized carbons (Fsp3) is 0.308. The number of nitrogens with one attached hydrogen (secondary N) is 1. The summed E-state index contributed by atoms with van der Waals surface area (Å²) < 4.78 is 3.88. The smallest absolute Gasteiger partial charge is 0.257 e. The minimum absolute atomic E-state index is 0.00438. The maximum Gasteiger partial charge on any atom is 0.257 e. The average molecular weight is 309 g/mol. The van der Waals surface area contributed by atoms with E-state index in [1.807, 2.05) is 12.3 Å². The Hall–Kier alpha value is -1.66. The average Bonchev–Trinajstić information content (AvgIpc) is 2.95. The highest BCUT2D eigenvalue weighted by Crippen LogP contribution is 2.34. The van der Waals surface area contributed by atoms with Crippen molar-refractivity contribution in [2.45, 2.75) is 19.5 Å². The number of rotatable bonds is 3. The molecule has 0 saturated carbocycles. The van der Waals surface area contributed by atoms with Gasteiger partial charge in [-0.1, -0.05) is 23.0 Å². The molecule has 1 aromatic carbocycles. The van der Waals surface area contributed by atoms with Crippen molar-refractivity contribution in [2.24, 2.45) is 0 Å². The first-order valence-electron chi connectivity index (χ1n) is 6.34. The highest BCUT2D eigenvalue weighted by atomic mass is 35.5. The molecule has 20 heavy (non-hydrogen) atoms. The van der Waals surface area contributed by atoms with Crippen LogP contribution in [0.1, 0.15) is 35.6 Å². The molecule has 3 rings (SSSR count). The zero-order valence-electron chi connectivity index (χ0n) is 10.8. The van der Waals surface area contributed by atoms with Gasteiger partial charge in [-0.05, 0) is 36.2 Å². The standard InChI is InChI=1S/C13H13ClN4OS/c1-2-5-18-12(11-7-20-17-16-11)15-10-6-8(14)3-4-9(10)13(18)19/h3-4,6-7,12,15H,2,5H2,1H3. The molecular weight excluding hydrogens is 296 g/mol. The van der Waals surface area contributed by atoms with Gasteiger partial charge in [-0.3, -0.25) is 4.79 Å². The molecule has 2 heterocycles. The molecule has 1 unspecified atom stereocenters. The largest absolute Gasteiger partial charge is 0.359 e. The van der Waals surface area contributed by atoms with E-state index in [2.05, 4.69) is 14.9 Å². The SMILES string of the molecule is CCCN1C(=O)c2ccc(Cl)cc2NC1c1csnn1. The van der Waals surface area contributed by atoms with Gasteiger partial charge in [-0.15, -0.1) is 5.10 Å². The quantitative estimate of drug-likeness (QED) is 0.946. The van der Waals surface area contributed by atoms with Gasteiger partial charge in [0.15, 0.2) is 0 Å². The van der Waals surface area contributed by atoms with Crippen molar-refractivity contribution in [3.8, 4) is 0 Å². The molecule has 1 amide bonds. The van der Waals surface area contributed by atoms with Crippen LogP contribution in [0, 0.1) is 0 Å².